The molecule has 0 heterocycles. The molecular formula is C15H24O. The Bertz CT molecular complexity index is 326. The minimum Gasteiger partial charge on any atom is -0.392 e. The van der Waals surface area contributed by atoms with Gasteiger partial charge in [0, 0.05) is 0 Å². The van der Waals surface area contributed by atoms with Crippen LogP contribution in [-0.4, -0.2) is 11.7 Å². The number of rotatable bonds is 2. The lowest BCUT2D eigenvalue weighted by Crippen LogP contribution is -2.31. The van der Waals surface area contributed by atoms with Crippen LogP contribution in [0, 0.1) is 11.3 Å². The van der Waals surface area contributed by atoms with Crippen LogP contribution in [0.2, 0.25) is 0 Å². The Morgan fingerprint density at radius 1 is 1.50 bits per heavy atom. The van der Waals surface area contributed by atoms with E-state index in [-0.39, 0.29) is 6.61 Å². The van der Waals surface area contributed by atoms with Gasteiger partial charge in [0.25, 0.3) is 0 Å². The summed E-state index contributed by atoms with van der Waals surface area (Å²) in [4.78, 5) is 0. The number of hydrogen-bond acceptors (Lipinski definition) is 1. The molecule has 0 aliphatic heterocycles. The first kappa shape index (κ1) is 11.9. The van der Waals surface area contributed by atoms with E-state index in [4.69, 9.17) is 0 Å². The van der Waals surface area contributed by atoms with Crippen LogP contribution in [0.3, 0.4) is 0 Å². The molecule has 1 fully saturated rings. The van der Waals surface area contributed by atoms with Crippen LogP contribution in [0.15, 0.2) is 23.3 Å². The van der Waals surface area contributed by atoms with Gasteiger partial charge < -0.3 is 5.11 Å². The van der Waals surface area contributed by atoms with E-state index in [2.05, 4.69) is 20.4 Å². The molecule has 1 saturated carbocycles. The van der Waals surface area contributed by atoms with Crippen LogP contribution in [0.5, 0.6) is 0 Å². The number of fused-ring (bicyclic) bond motifs is 1. The fraction of sp³-hybridized carbons (Fsp3) is 0.733. The number of aliphatic hydroxyl groups excluding tert-OH is 1. The van der Waals surface area contributed by atoms with Crippen molar-refractivity contribution >= 4 is 0 Å². The minimum absolute atomic E-state index is 0.160. The third-order valence-electron chi connectivity index (χ3n) is 4.80. The van der Waals surface area contributed by atoms with Crippen molar-refractivity contribution in [1.82, 2.24) is 0 Å². The molecule has 0 aromatic rings. The molecule has 2 atom stereocenters. The van der Waals surface area contributed by atoms with Crippen molar-refractivity contribution < 1.29 is 5.11 Å². The van der Waals surface area contributed by atoms with Gasteiger partial charge in [-0.05, 0) is 62.4 Å². The lowest BCUT2D eigenvalue weighted by atomic mass is 9.61. The first-order valence-electron chi connectivity index (χ1n) is 6.54. The molecule has 0 aromatic heterocycles. The topological polar surface area (TPSA) is 20.2 Å². The zero-order chi connectivity index (χ0) is 11.8. The van der Waals surface area contributed by atoms with Crippen molar-refractivity contribution in [1.29, 1.82) is 0 Å². The van der Waals surface area contributed by atoms with E-state index in [0.717, 1.165) is 12.0 Å². The Morgan fingerprint density at radius 2 is 2.25 bits per heavy atom. The van der Waals surface area contributed by atoms with Crippen LogP contribution < -0.4 is 0 Å². The maximum absolute atomic E-state index is 9.20. The molecule has 0 aromatic carbocycles. The fourth-order valence-electron chi connectivity index (χ4n) is 3.58. The summed E-state index contributed by atoms with van der Waals surface area (Å²) in [5.41, 5.74) is 4.80. The van der Waals surface area contributed by atoms with Crippen LogP contribution >= 0.6 is 0 Å². The van der Waals surface area contributed by atoms with Crippen molar-refractivity contribution in [2.75, 3.05) is 6.61 Å². The van der Waals surface area contributed by atoms with Gasteiger partial charge in [0.15, 0.2) is 0 Å². The summed E-state index contributed by atoms with van der Waals surface area (Å²) < 4.78 is 0. The molecule has 2 aliphatic carbocycles. The summed E-state index contributed by atoms with van der Waals surface area (Å²) >= 11 is 0. The average molecular weight is 220 g/mol. The van der Waals surface area contributed by atoms with Gasteiger partial charge in [0.1, 0.15) is 0 Å². The van der Waals surface area contributed by atoms with E-state index in [1.54, 1.807) is 11.1 Å². The second-order valence-corrected chi connectivity index (χ2v) is 5.93. The standard InChI is InChI=1S/C15H24O/c1-11-5-4-7-15(3)8-6-13(9-14(11)15)12(2)10-16/h13,16H,2,4-10H2,1,3H3. The molecule has 0 saturated heterocycles. The largest absolute Gasteiger partial charge is 0.392 e. The molecule has 90 valence electrons. The van der Waals surface area contributed by atoms with Crippen molar-refractivity contribution in [3.8, 4) is 0 Å². The van der Waals surface area contributed by atoms with Crippen LogP contribution in [-0.2, 0) is 0 Å². The van der Waals surface area contributed by atoms with E-state index in [0.29, 0.717) is 11.3 Å². The predicted molar refractivity (Wildman–Crippen MR) is 68.2 cm³/mol. The van der Waals surface area contributed by atoms with Crippen molar-refractivity contribution in [3.63, 3.8) is 0 Å². The molecule has 16 heavy (non-hydrogen) atoms. The third-order valence-corrected chi connectivity index (χ3v) is 4.80. The highest BCUT2D eigenvalue weighted by molar-refractivity contribution is 5.27. The van der Waals surface area contributed by atoms with Gasteiger partial charge in [-0.3, -0.25) is 0 Å². The maximum Gasteiger partial charge on any atom is 0.0641 e. The second kappa shape index (κ2) is 4.37. The van der Waals surface area contributed by atoms with Gasteiger partial charge >= 0.3 is 0 Å². The molecular weight excluding hydrogens is 196 g/mol. The third kappa shape index (κ3) is 1.98. The zero-order valence-electron chi connectivity index (χ0n) is 10.7. The molecule has 0 spiro atoms. The van der Waals surface area contributed by atoms with Gasteiger partial charge in [0.2, 0.25) is 0 Å². The number of aliphatic hydroxyl groups is 1. The highest BCUT2D eigenvalue weighted by Crippen LogP contribution is 2.51. The normalized spacial score (nSPS) is 34.8. The number of hydrogen-bond donors (Lipinski definition) is 1. The van der Waals surface area contributed by atoms with E-state index in [1.165, 1.54) is 32.1 Å². The van der Waals surface area contributed by atoms with Gasteiger partial charge in [0.05, 0.1) is 6.61 Å². The van der Waals surface area contributed by atoms with E-state index in [9.17, 15) is 5.11 Å². The van der Waals surface area contributed by atoms with Crippen molar-refractivity contribution in [2.45, 2.75) is 52.4 Å². The summed E-state index contributed by atoms with van der Waals surface area (Å²) in [5.74, 6) is 0.529. The Labute approximate surface area is 99.3 Å². The Balaban J connectivity index is 2.21. The average Bonchev–Trinajstić information content (AvgIpc) is 2.27. The summed E-state index contributed by atoms with van der Waals surface area (Å²) in [7, 11) is 0. The maximum atomic E-state index is 9.20. The van der Waals surface area contributed by atoms with Gasteiger partial charge in [-0.25, -0.2) is 0 Å². The Hall–Kier alpha value is -0.560. The van der Waals surface area contributed by atoms with Crippen LogP contribution in [0.4, 0.5) is 0 Å². The molecule has 0 radical (unpaired) electrons. The van der Waals surface area contributed by atoms with Gasteiger partial charge in [-0.2, -0.15) is 0 Å². The van der Waals surface area contributed by atoms with Gasteiger partial charge in [-0.1, -0.05) is 24.6 Å². The Morgan fingerprint density at radius 3 is 2.94 bits per heavy atom. The van der Waals surface area contributed by atoms with E-state index >= 15 is 0 Å². The van der Waals surface area contributed by atoms with Crippen LogP contribution in [0.1, 0.15) is 52.4 Å². The molecule has 1 nitrogen and oxygen atoms in total. The smallest absolute Gasteiger partial charge is 0.0641 e. The first-order chi connectivity index (χ1) is 7.57. The molecule has 0 amide bonds. The minimum atomic E-state index is 0.160. The number of allylic oxidation sites excluding steroid dienone is 2. The summed E-state index contributed by atoms with van der Waals surface area (Å²) in [5, 5.41) is 9.20. The SMILES string of the molecule is C=C(CO)C1CCC2(C)CCCC(C)=C2C1. The molecule has 2 aliphatic rings. The molecule has 0 bridgehead atoms. The zero-order valence-corrected chi connectivity index (χ0v) is 10.7. The molecule has 1 heteroatoms. The summed E-state index contributed by atoms with van der Waals surface area (Å²) in [6, 6.07) is 0. The second-order valence-electron chi connectivity index (χ2n) is 5.93. The fourth-order valence-corrected chi connectivity index (χ4v) is 3.58. The summed E-state index contributed by atoms with van der Waals surface area (Å²) in [6.45, 7) is 8.91. The highest BCUT2D eigenvalue weighted by atomic mass is 16.3. The highest BCUT2D eigenvalue weighted by Gasteiger charge is 2.38. The van der Waals surface area contributed by atoms with E-state index in [1.807, 2.05) is 0 Å². The molecule has 2 unspecified atom stereocenters. The van der Waals surface area contributed by atoms with Gasteiger partial charge in [-0.15, -0.1) is 0 Å². The lowest BCUT2D eigenvalue weighted by Gasteiger charge is -2.44. The first-order valence-corrected chi connectivity index (χ1v) is 6.54. The summed E-state index contributed by atoms with van der Waals surface area (Å²) in [6.07, 6.45) is 7.65. The monoisotopic (exact) mass is 220 g/mol. The molecule has 1 N–H and O–H groups in total. The Kier molecular flexibility index (Phi) is 3.25. The molecule has 2 rings (SSSR count). The van der Waals surface area contributed by atoms with Crippen molar-refractivity contribution in [3.05, 3.63) is 23.3 Å². The van der Waals surface area contributed by atoms with E-state index < -0.39 is 0 Å². The quantitative estimate of drug-likeness (QED) is 0.701. The lowest BCUT2D eigenvalue weighted by molar-refractivity contribution is 0.217. The van der Waals surface area contributed by atoms with Crippen LogP contribution in [0.25, 0.3) is 0 Å². The predicted octanol–water partition coefficient (Wildman–Crippen LogP) is 3.84. The van der Waals surface area contributed by atoms with Crippen molar-refractivity contribution in [2.24, 2.45) is 11.3 Å².